The summed E-state index contributed by atoms with van der Waals surface area (Å²) in [7, 11) is 3.88. The van der Waals surface area contributed by atoms with Gasteiger partial charge in [-0.3, -0.25) is 9.59 Å². The molecule has 0 saturated carbocycles. The molecule has 0 saturated heterocycles. The molecule has 2 N–H and O–H groups in total. The first-order chi connectivity index (χ1) is 12.4. The number of benzene rings is 2. The van der Waals surface area contributed by atoms with Crippen molar-refractivity contribution >= 4 is 23.2 Å². The lowest BCUT2D eigenvalue weighted by Gasteiger charge is -2.16. The first-order valence-corrected chi connectivity index (χ1v) is 8.51. The Bertz CT molecular complexity index is 743. The monoisotopic (exact) mass is 357 g/mol. The summed E-state index contributed by atoms with van der Waals surface area (Å²) in [6, 6.07) is 13.3. The fourth-order valence-corrected chi connectivity index (χ4v) is 2.61. The molecule has 0 radical (unpaired) electrons. The average molecular weight is 357 g/mol. The summed E-state index contributed by atoms with van der Waals surface area (Å²) in [5, 5.41) is 5.39. The Morgan fingerprint density at radius 3 is 2.19 bits per heavy atom. The van der Waals surface area contributed by atoms with Crippen molar-refractivity contribution in [3.05, 3.63) is 59.9 Å². The van der Waals surface area contributed by atoms with Gasteiger partial charge in [0.25, 0.3) is 0 Å². The second-order valence-corrected chi connectivity index (χ2v) is 6.22. The van der Waals surface area contributed by atoms with Crippen LogP contribution in [0.5, 0.6) is 0 Å². The standard InChI is InChI=1S/C20H24FN3O2/c1-4-18(14-5-7-15(21)8-6-14)20(26)22-13-19(25)23-16-9-11-17(12-10-16)24(2)3/h5-12,18H,4,13H2,1-3H3,(H,22,26)(H,23,25). The summed E-state index contributed by atoms with van der Waals surface area (Å²) in [5.74, 6) is -1.31. The van der Waals surface area contributed by atoms with E-state index in [4.69, 9.17) is 0 Å². The number of carbonyl (C=O) groups excluding carboxylic acids is 2. The largest absolute Gasteiger partial charge is 0.378 e. The molecule has 0 spiro atoms. The van der Waals surface area contributed by atoms with Crippen LogP contribution in [0.25, 0.3) is 0 Å². The molecule has 2 amide bonds. The van der Waals surface area contributed by atoms with Gasteiger partial charge >= 0.3 is 0 Å². The summed E-state index contributed by atoms with van der Waals surface area (Å²) >= 11 is 0. The van der Waals surface area contributed by atoms with E-state index >= 15 is 0 Å². The van der Waals surface area contributed by atoms with Crippen molar-refractivity contribution in [3.8, 4) is 0 Å². The maximum atomic E-state index is 13.0. The van der Waals surface area contributed by atoms with E-state index in [2.05, 4.69) is 10.6 Å². The van der Waals surface area contributed by atoms with Crippen LogP contribution in [-0.2, 0) is 9.59 Å². The summed E-state index contributed by atoms with van der Waals surface area (Å²) in [6.45, 7) is 1.76. The van der Waals surface area contributed by atoms with Gasteiger partial charge in [0, 0.05) is 25.5 Å². The predicted octanol–water partition coefficient (Wildman–Crippen LogP) is 3.14. The summed E-state index contributed by atoms with van der Waals surface area (Å²) in [6.07, 6.45) is 0.561. The number of anilines is 2. The summed E-state index contributed by atoms with van der Waals surface area (Å²) in [4.78, 5) is 26.4. The number of nitrogens with one attached hydrogen (secondary N) is 2. The predicted molar refractivity (Wildman–Crippen MR) is 102 cm³/mol. The molecule has 138 valence electrons. The second-order valence-electron chi connectivity index (χ2n) is 6.22. The molecule has 0 bridgehead atoms. The lowest BCUT2D eigenvalue weighted by atomic mass is 9.95. The van der Waals surface area contributed by atoms with Crippen LogP contribution in [0.4, 0.5) is 15.8 Å². The Balaban J connectivity index is 1.89. The molecule has 0 fully saturated rings. The first kappa shape index (κ1) is 19.4. The minimum atomic E-state index is -0.414. The van der Waals surface area contributed by atoms with Crippen LogP contribution in [0.3, 0.4) is 0 Å². The van der Waals surface area contributed by atoms with Crippen molar-refractivity contribution in [2.24, 2.45) is 0 Å². The molecule has 2 rings (SSSR count). The Kier molecular flexibility index (Phi) is 6.72. The van der Waals surface area contributed by atoms with Crippen LogP contribution in [-0.4, -0.2) is 32.5 Å². The van der Waals surface area contributed by atoms with Gasteiger partial charge in [0.2, 0.25) is 11.8 Å². The zero-order valence-corrected chi connectivity index (χ0v) is 15.3. The molecule has 5 nitrogen and oxygen atoms in total. The van der Waals surface area contributed by atoms with E-state index in [1.807, 2.05) is 50.2 Å². The minimum absolute atomic E-state index is 0.119. The van der Waals surface area contributed by atoms with Gasteiger partial charge in [0.1, 0.15) is 5.82 Å². The fourth-order valence-electron chi connectivity index (χ4n) is 2.61. The molecular weight excluding hydrogens is 333 g/mol. The number of carbonyl (C=O) groups is 2. The van der Waals surface area contributed by atoms with Crippen molar-refractivity contribution in [2.45, 2.75) is 19.3 Å². The van der Waals surface area contributed by atoms with Crippen LogP contribution in [0.15, 0.2) is 48.5 Å². The van der Waals surface area contributed by atoms with Gasteiger partial charge in [0.15, 0.2) is 0 Å². The Morgan fingerprint density at radius 2 is 1.65 bits per heavy atom. The van der Waals surface area contributed by atoms with E-state index < -0.39 is 5.92 Å². The van der Waals surface area contributed by atoms with E-state index in [9.17, 15) is 14.0 Å². The molecular formula is C20H24FN3O2. The van der Waals surface area contributed by atoms with E-state index in [1.165, 1.54) is 12.1 Å². The lowest BCUT2D eigenvalue weighted by Crippen LogP contribution is -2.35. The zero-order chi connectivity index (χ0) is 19.1. The van der Waals surface area contributed by atoms with Crippen LogP contribution in [0.2, 0.25) is 0 Å². The number of hydrogen-bond acceptors (Lipinski definition) is 3. The molecule has 0 aliphatic heterocycles. The smallest absolute Gasteiger partial charge is 0.243 e. The van der Waals surface area contributed by atoms with Crippen LogP contribution >= 0.6 is 0 Å². The Morgan fingerprint density at radius 1 is 1.04 bits per heavy atom. The van der Waals surface area contributed by atoms with Crippen molar-refractivity contribution < 1.29 is 14.0 Å². The van der Waals surface area contributed by atoms with Gasteiger partial charge in [-0.05, 0) is 48.4 Å². The second kappa shape index (κ2) is 8.99. The number of amides is 2. The van der Waals surface area contributed by atoms with E-state index in [0.29, 0.717) is 12.1 Å². The van der Waals surface area contributed by atoms with E-state index in [1.54, 1.807) is 12.1 Å². The van der Waals surface area contributed by atoms with E-state index in [-0.39, 0.29) is 24.2 Å². The molecule has 1 unspecified atom stereocenters. The summed E-state index contributed by atoms with van der Waals surface area (Å²) < 4.78 is 13.0. The number of halogens is 1. The van der Waals surface area contributed by atoms with Gasteiger partial charge in [-0.1, -0.05) is 19.1 Å². The molecule has 0 aliphatic carbocycles. The van der Waals surface area contributed by atoms with Crippen LogP contribution in [0, 0.1) is 5.82 Å². The van der Waals surface area contributed by atoms with Crippen molar-refractivity contribution in [1.29, 1.82) is 0 Å². The molecule has 0 aromatic heterocycles. The highest BCUT2D eigenvalue weighted by Crippen LogP contribution is 2.20. The SMILES string of the molecule is CCC(C(=O)NCC(=O)Nc1ccc(N(C)C)cc1)c1ccc(F)cc1. The van der Waals surface area contributed by atoms with E-state index in [0.717, 1.165) is 11.3 Å². The molecule has 0 aliphatic rings. The highest BCUT2D eigenvalue weighted by molar-refractivity contribution is 5.95. The number of hydrogen-bond donors (Lipinski definition) is 2. The maximum absolute atomic E-state index is 13.0. The fraction of sp³-hybridized carbons (Fsp3) is 0.300. The highest BCUT2D eigenvalue weighted by atomic mass is 19.1. The quantitative estimate of drug-likeness (QED) is 0.800. The molecule has 1 atom stereocenters. The average Bonchev–Trinajstić information content (AvgIpc) is 2.62. The number of rotatable bonds is 7. The van der Waals surface area contributed by atoms with Crippen molar-refractivity contribution in [3.63, 3.8) is 0 Å². The summed E-state index contributed by atoms with van der Waals surface area (Å²) in [5.41, 5.74) is 2.42. The number of nitrogens with zero attached hydrogens (tertiary/aromatic N) is 1. The van der Waals surface area contributed by atoms with Crippen LogP contribution < -0.4 is 15.5 Å². The maximum Gasteiger partial charge on any atom is 0.243 e. The first-order valence-electron chi connectivity index (χ1n) is 8.51. The van der Waals surface area contributed by atoms with Crippen LogP contribution in [0.1, 0.15) is 24.8 Å². The van der Waals surface area contributed by atoms with Gasteiger partial charge in [-0.25, -0.2) is 4.39 Å². The Hall–Kier alpha value is -2.89. The molecule has 6 heteroatoms. The van der Waals surface area contributed by atoms with Gasteiger partial charge in [0.05, 0.1) is 12.5 Å². The highest BCUT2D eigenvalue weighted by Gasteiger charge is 2.19. The molecule has 2 aromatic carbocycles. The van der Waals surface area contributed by atoms with Gasteiger partial charge in [-0.2, -0.15) is 0 Å². The van der Waals surface area contributed by atoms with Crippen molar-refractivity contribution in [1.82, 2.24) is 5.32 Å². The normalized spacial score (nSPS) is 11.5. The van der Waals surface area contributed by atoms with Gasteiger partial charge in [-0.15, -0.1) is 0 Å². The third-order valence-electron chi connectivity index (χ3n) is 4.09. The van der Waals surface area contributed by atoms with Gasteiger partial charge < -0.3 is 15.5 Å². The van der Waals surface area contributed by atoms with Crippen molar-refractivity contribution in [2.75, 3.05) is 30.9 Å². The Labute approximate surface area is 153 Å². The zero-order valence-electron chi connectivity index (χ0n) is 15.3. The molecule has 26 heavy (non-hydrogen) atoms. The molecule has 2 aromatic rings. The topological polar surface area (TPSA) is 61.4 Å². The molecule has 0 heterocycles. The third kappa shape index (κ3) is 5.31. The lowest BCUT2D eigenvalue weighted by molar-refractivity contribution is -0.125. The third-order valence-corrected chi connectivity index (χ3v) is 4.09. The minimum Gasteiger partial charge on any atom is -0.378 e.